The quantitative estimate of drug-likeness (QED) is 0.603. The maximum Gasteiger partial charge on any atom is 0.258 e. The Morgan fingerprint density at radius 3 is 2.58 bits per heavy atom. The lowest BCUT2D eigenvalue weighted by Gasteiger charge is -2.06. The van der Waals surface area contributed by atoms with Gasteiger partial charge in [0.05, 0.1) is 21.3 Å². The number of benzene rings is 2. The number of halogens is 3. The number of carbonyl (C=O) groups excluding carboxylic acids is 1. The normalized spacial score (nSPS) is 10.7. The van der Waals surface area contributed by atoms with Crippen molar-refractivity contribution in [3.05, 3.63) is 74.3 Å². The molecule has 1 amide bonds. The van der Waals surface area contributed by atoms with E-state index in [0.29, 0.717) is 21.4 Å². The van der Waals surface area contributed by atoms with Gasteiger partial charge in [-0.1, -0.05) is 35.3 Å². The van der Waals surface area contributed by atoms with Crippen LogP contribution >= 0.6 is 39.1 Å². The van der Waals surface area contributed by atoms with Crippen molar-refractivity contribution in [3.8, 4) is 5.69 Å². The van der Waals surface area contributed by atoms with Crippen LogP contribution in [0.15, 0.2) is 53.0 Å². The average Bonchev–Trinajstić information content (AvgIpc) is 2.91. The Morgan fingerprint density at radius 1 is 1.12 bits per heavy atom. The molecule has 0 aliphatic heterocycles. The number of nitrogens with zero attached hydrogens (tertiary/aromatic N) is 2. The third kappa shape index (κ3) is 3.48. The van der Waals surface area contributed by atoms with E-state index in [4.69, 9.17) is 23.2 Å². The van der Waals surface area contributed by atoms with Crippen molar-refractivity contribution in [1.29, 1.82) is 0 Å². The summed E-state index contributed by atoms with van der Waals surface area (Å²) in [6.45, 7) is 1.89. The van der Waals surface area contributed by atoms with Gasteiger partial charge < -0.3 is 5.32 Å². The Labute approximate surface area is 157 Å². The van der Waals surface area contributed by atoms with Crippen molar-refractivity contribution in [2.45, 2.75) is 6.92 Å². The van der Waals surface area contributed by atoms with Crippen LogP contribution in [0.3, 0.4) is 0 Å². The van der Waals surface area contributed by atoms with Crippen molar-refractivity contribution in [2.24, 2.45) is 0 Å². The van der Waals surface area contributed by atoms with E-state index in [1.165, 1.54) is 0 Å². The molecule has 0 spiro atoms. The van der Waals surface area contributed by atoms with Crippen molar-refractivity contribution in [3.63, 3.8) is 0 Å². The molecule has 7 heteroatoms. The molecule has 3 rings (SSSR count). The average molecular weight is 425 g/mol. The lowest BCUT2D eigenvalue weighted by Crippen LogP contribution is -2.13. The predicted molar refractivity (Wildman–Crippen MR) is 100 cm³/mol. The molecule has 0 saturated heterocycles. The summed E-state index contributed by atoms with van der Waals surface area (Å²) in [4.78, 5) is 12.4. The SMILES string of the molecule is Cc1cc(NC(=O)c2ccccc2Br)nn1-c1ccc(Cl)c(Cl)c1. The van der Waals surface area contributed by atoms with Gasteiger partial charge in [-0.3, -0.25) is 4.79 Å². The lowest BCUT2D eigenvalue weighted by molar-refractivity contribution is 0.102. The van der Waals surface area contributed by atoms with E-state index in [-0.39, 0.29) is 5.91 Å². The maximum atomic E-state index is 12.4. The molecule has 122 valence electrons. The van der Waals surface area contributed by atoms with E-state index >= 15 is 0 Å². The molecule has 0 atom stereocenters. The molecule has 0 unspecified atom stereocenters. The molecular weight excluding hydrogens is 413 g/mol. The molecule has 0 aliphatic rings. The summed E-state index contributed by atoms with van der Waals surface area (Å²) in [7, 11) is 0. The highest BCUT2D eigenvalue weighted by Crippen LogP contribution is 2.26. The van der Waals surface area contributed by atoms with Gasteiger partial charge in [0.2, 0.25) is 0 Å². The summed E-state index contributed by atoms with van der Waals surface area (Å²) in [6, 6.07) is 14.2. The van der Waals surface area contributed by atoms with Crippen molar-refractivity contribution < 1.29 is 4.79 Å². The number of amides is 1. The molecule has 3 aromatic rings. The van der Waals surface area contributed by atoms with Gasteiger partial charge in [0.1, 0.15) is 0 Å². The Balaban J connectivity index is 1.88. The summed E-state index contributed by atoms with van der Waals surface area (Å²) in [5.74, 6) is 0.223. The highest BCUT2D eigenvalue weighted by molar-refractivity contribution is 9.10. The lowest BCUT2D eigenvalue weighted by atomic mass is 10.2. The van der Waals surface area contributed by atoms with E-state index < -0.39 is 0 Å². The van der Waals surface area contributed by atoms with Gasteiger partial charge in [-0.2, -0.15) is 0 Å². The fourth-order valence-electron chi connectivity index (χ4n) is 2.24. The van der Waals surface area contributed by atoms with Crippen molar-refractivity contribution in [2.75, 3.05) is 5.32 Å². The van der Waals surface area contributed by atoms with Gasteiger partial charge in [0.15, 0.2) is 5.82 Å². The summed E-state index contributed by atoms with van der Waals surface area (Å²) in [5.41, 5.74) is 2.17. The number of hydrogen-bond donors (Lipinski definition) is 1. The largest absolute Gasteiger partial charge is 0.305 e. The second-order valence-corrected chi connectivity index (χ2v) is 6.78. The first-order chi connectivity index (χ1) is 11.5. The molecule has 0 saturated carbocycles. The smallest absolute Gasteiger partial charge is 0.258 e. The Kier molecular flexibility index (Phi) is 4.94. The number of nitrogens with one attached hydrogen (secondary N) is 1. The highest BCUT2D eigenvalue weighted by Gasteiger charge is 2.13. The number of anilines is 1. The van der Waals surface area contributed by atoms with E-state index in [0.717, 1.165) is 15.9 Å². The van der Waals surface area contributed by atoms with E-state index in [9.17, 15) is 4.79 Å². The minimum Gasteiger partial charge on any atom is -0.305 e. The Morgan fingerprint density at radius 2 is 1.88 bits per heavy atom. The first kappa shape index (κ1) is 17.0. The van der Waals surface area contributed by atoms with Crippen LogP contribution in [0.4, 0.5) is 5.82 Å². The minimum absolute atomic E-state index is 0.235. The monoisotopic (exact) mass is 423 g/mol. The van der Waals surface area contributed by atoms with Gasteiger partial charge in [-0.05, 0) is 53.2 Å². The van der Waals surface area contributed by atoms with Crippen molar-refractivity contribution >= 4 is 50.9 Å². The molecule has 0 radical (unpaired) electrons. The summed E-state index contributed by atoms with van der Waals surface area (Å²) >= 11 is 15.4. The minimum atomic E-state index is -0.235. The molecule has 0 bridgehead atoms. The van der Waals surface area contributed by atoms with Gasteiger partial charge in [0, 0.05) is 16.2 Å². The van der Waals surface area contributed by atoms with Gasteiger partial charge in [0.25, 0.3) is 5.91 Å². The number of hydrogen-bond acceptors (Lipinski definition) is 2. The van der Waals surface area contributed by atoms with Gasteiger partial charge >= 0.3 is 0 Å². The third-order valence-electron chi connectivity index (χ3n) is 3.40. The summed E-state index contributed by atoms with van der Waals surface area (Å²) in [5, 5.41) is 8.14. The van der Waals surface area contributed by atoms with Gasteiger partial charge in [-0.15, -0.1) is 5.10 Å². The second-order valence-electron chi connectivity index (χ2n) is 5.12. The van der Waals surface area contributed by atoms with E-state index in [2.05, 4.69) is 26.3 Å². The first-order valence-electron chi connectivity index (χ1n) is 7.03. The molecular formula is C17H12BrCl2N3O. The van der Waals surface area contributed by atoms with Crippen LogP contribution in [-0.4, -0.2) is 15.7 Å². The van der Waals surface area contributed by atoms with Crippen LogP contribution in [0.2, 0.25) is 10.0 Å². The molecule has 2 aromatic carbocycles. The number of aromatic nitrogens is 2. The number of rotatable bonds is 3. The molecule has 1 heterocycles. The predicted octanol–water partition coefficient (Wildman–Crippen LogP) is 5.50. The van der Waals surface area contributed by atoms with Crippen molar-refractivity contribution in [1.82, 2.24) is 9.78 Å². The third-order valence-corrected chi connectivity index (χ3v) is 4.83. The van der Waals surface area contributed by atoms with E-state index in [1.807, 2.05) is 25.1 Å². The Bertz CT molecular complexity index is 924. The van der Waals surface area contributed by atoms with Gasteiger partial charge in [-0.25, -0.2) is 4.68 Å². The Hall–Kier alpha value is -1.82. The van der Waals surface area contributed by atoms with Crippen LogP contribution in [-0.2, 0) is 0 Å². The maximum absolute atomic E-state index is 12.4. The summed E-state index contributed by atoms with van der Waals surface area (Å²) in [6.07, 6.45) is 0. The zero-order valence-electron chi connectivity index (χ0n) is 12.6. The van der Waals surface area contributed by atoms with Crippen LogP contribution in [0, 0.1) is 6.92 Å². The molecule has 0 aliphatic carbocycles. The van der Waals surface area contributed by atoms with E-state index in [1.54, 1.807) is 35.0 Å². The number of carbonyl (C=O) groups is 1. The molecule has 1 N–H and O–H groups in total. The molecule has 1 aromatic heterocycles. The second kappa shape index (κ2) is 6.97. The standard InChI is InChI=1S/C17H12BrCl2N3O/c1-10-8-16(21-17(24)12-4-2-3-5-13(12)18)22-23(10)11-6-7-14(19)15(20)9-11/h2-9H,1H3,(H,21,22,24). The zero-order chi connectivity index (χ0) is 17.3. The van der Waals surface area contributed by atoms with Crippen LogP contribution < -0.4 is 5.32 Å². The molecule has 4 nitrogen and oxygen atoms in total. The van der Waals surface area contributed by atoms with Crippen LogP contribution in [0.1, 0.15) is 16.1 Å². The highest BCUT2D eigenvalue weighted by atomic mass is 79.9. The van der Waals surface area contributed by atoms with Crippen LogP contribution in [0.5, 0.6) is 0 Å². The van der Waals surface area contributed by atoms with Crippen LogP contribution in [0.25, 0.3) is 5.69 Å². The number of aryl methyl sites for hydroxylation is 1. The topological polar surface area (TPSA) is 46.9 Å². The summed E-state index contributed by atoms with van der Waals surface area (Å²) < 4.78 is 2.42. The fraction of sp³-hybridized carbons (Fsp3) is 0.0588. The first-order valence-corrected chi connectivity index (χ1v) is 8.58. The zero-order valence-corrected chi connectivity index (χ0v) is 15.7. The molecule has 24 heavy (non-hydrogen) atoms. The molecule has 0 fully saturated rings. The fourth-order valence-corrected chi connectivity index (χ4v) is 3.00.